The van der Waals surface area contributed by atoms with Gasteiger partial charge in [0.15, 0.2) is 0 Å². The van der Waals surface area contributed by atoms with Crippen molar-refractivity contribution in [1.29, 1.82) is 0 Å². The summed E-state index contributed by atoms with van der Waals surface area (Å²) in [7, 11) is 0. The lowest BCUT2D eigenvalue weighted by atomic mass is 10.0. The van der Waals surface area contributed by atoms with E-state index in [2.05, 4.69) is 16.0 Å². The van der Waals surface area contributed by atoms with E-state index in [4.69, 9.17) is 11.6 Å². The summed E-state index contributed by atoms with van der Waals surface area (Å²) in [6, 6.07) is 5.05. The third kappa shape index (κ3) is 5.83. The fourth-order valence-electron chi connectivity index (χ4n) is 2.40. The quantitative estimate of drug-likeness (QED) is 0.767. The molecule has 1 aromatic carbocycles. The van der Waals surface area contributed by atoms with Crippen LogP contribution in [-0.4, -0.2) is 24.9 Å². The van der Waals surface area contributed by atoms with Crippen molar-refractivity contribution >= 4 is 47.2 Å². The molecule has 1 aliphatic rings. The molecule has 0 bridgehead atoms. The number of nitrogens with one attached hydrogen (secondary N) is 3. The van der Waals surface area contributed by atoms with Crippen LogP contribution in [0.2, 0.25) is 5.02 Å². The summed E-state index contributed by atoms with van der Waals surface area (Å²) in [5.74, 6) is 0.408. The molecule has 1 aromatic rings. The number of amides is 2. The summed E-state index contributed by atoms with van der Waals surface area (Å²) in [5, 5.41) is 9.15. The predicted octanol–water partition coefficient (Wildman–Crippen LogP) is 3.05. The number of anilines is 2. The van der Waals surface area contributed by atoms with Crippen LogP contribution in [0.5, 0.6) is 0 Å². The number of benzene rings is 1. The Hall–Kier alpha value is -1.30. The van der Waals surface area contributed by atoms with E-state index in [-0.39, 0.29) is 24.2 Å². The normalized spacial score (nSPS) is 16.7. The second-order valence-electron chi connectivity index (χ2n) is 5.32. The fraction of sp³-hybridized carbons (Fsp3) is 0.467. The summed E-state index contributed by atoms with van der Waals surface area (Å²) in [5.41, 5.74) is 1.18. The molecule has 1 unspecified atom stereocenters. The molecule has 0 aliphatic carbocycles. The largest absolute Gasteiger partial charge is 0.326 e. The number of rotatable bonds is 5. The van der Waals surface area contributed by atoms with Crippen molar-refractivity contribution in [3.8, 4) is 0 Å². The number of carbonyl (C=O) groups is 2. The van der Waals surface area contributed by atoms with E-state index in [1.165, 1.54) is 6.92 Å². The molecule has 0 aromatic heterocycles. The van der Waals surface area contributed by atoms with Gasteiger partial charge in [-0.05, 0) is 50.0 Å². The van der Waals surface area contributed by atoms with Gasteiger partial charge in [0.25, 0.3) is 0 Å². The van der Waals surface area contributed by atoms with Gasteiger partial charge < -0.3 is 16.0 Å². The van der Waals surface area contributed by atoms with Crippen LogP contribution in [0.25, 0.3) is 0 Å². The first-order valence-electron chi connectivity index (χ1n) is 7.12. The molecule has 1 saturated heterocycles. The number of carbonyl (C=O) groups excluding carboxylic acids is 2. The van der Waals surface area contributed by atoms with Gasteiger partial charge in [-0.15, -0.1) is 12.4 Å². The molecule has 1 heterocycles. The molecule has 5 nitrogen and oxygen atoms in total. The fourth-order valence-corrected chi connectivity index (χ4v) is 2.63. The summed E-state index contributed by atoms with van der Waals surface area (Å²) in [4.78, 5) is 22.9. The molecule has 1 fully saturated rings. The first-order valence-corrected chi connectivity index (χ1v) is 7.50. The van der Waals surface area contributed by atoms with Gasteiger partial charge in [0, 0.05) is 19.0 Å². The molecule has 22 heavy (non-hydrogen) atoms. The van der Waals surface area contributed by atoms with Crippen LogP contribution in [0.1, 0.15) is 26.2 Å². The van der Waals surface area contributed by atoms with Gasteiger partial charge in [0.1, 0.15) is 0 Å². The maximum atomic E-state index is 11.9. The van der Waals surface area contributed by atoms with Gasteiger partial charge in [-0.2, -0.15) is 0 Å². The summed E-state index contributed by atoms with van der Waals surface area (Å²) < 4.78 is 0. The van der Waals surface area contributed by atoms with Crippen molar-refractivity contribution in [3.63, 3.8) is 0 Å². The number of halogens is 2. The van der Waals surface area contributed by atoms with Crippen molar-refractivity contribution in [1.82, 2.24) is 5.32 Å². The third-order valence-electron chi connectivity index (χ3n) is 3.51. The predicted molar refractivity (Wildman–Crippen MR) is 91.8 cm³/mol. The van der Waals surface area contributed by atoms with Gasteiger partial charge in [-0.1, -0.05) is 11.6 Å². The molecule has 1 atom stereocenters. The van der Waals surface area contributed by atoms with E-state index >= 15 is 0 Å². The maximum absolute atomic E-state index is 11.9. The van der Waals surface area contributed by atoms with Gasteiger partial charge >= 0.3 is 0 Å². The molecule has 2 rings (SSSR count). The topological polar surface area (TPSA) is 70.2 Å². The summed E-state index contributed by atoms with van der Waals surface area (Å²) in [6.07, 6.45) is 2.55. The Kier molecular flexibility index (Phi) is 7.65. The second kappa shape index (κ2) is 8.98. The van der Waals surface area contributed by atoms with Gasteiger partial charge in [-0.3, -0.25) is 9.59 Å². The van der Waals surface area contributed by atoms with Crippen molar-refractivity contribution in [2.24, 2.45) is 5.92 Å². The molecule has 0 spiro atoms. The van der Waals surface area contributed by atoms with E-state index in [1.807, 2.05) is 0 Å². The monoisotopic (exact) mass is 345 g/mol. The standard InChI is InChI=1S/C15H20ClN3O2.ClH/c1-10(20)18-14-4-3-12(8-13(14)16)19-15(21)5-2-11-6-7-17-9-11;/h3-4,8,11,17H,2,5-7,9H2,1H3,(H,18,20)(H,19,21);1H. The zero-order valence-corrected chi connectivity index (χ0v) is 14.0. The van der Waals surface area contributed by atoms with Crippen LogP contribution in [0, 0.1) is 5.92 Å². The number of hydrogen-bond acceptors (Lipinski definition) is 3. The highest BCUT2D eigenvalue weighted by molar-refractivity contribution is 6.34. The third-order valence-corrected chi connectivity index (χ3v) is 3.82. The molecular formula is C15H21Cl2N3O2. The molecule has 0 saturated carbocycles. The SMILES string of the molecule is CC(=O)Nc1ccc(NC(=O)CCC2CCNC2)cc1Cl.Cl. The van der Waals surface area contributed by atoms with E-state index in [0.29, 0.717) is 28.7 Å². The molecular weight excluding hydrogens is 325 g/mol. The highest BCUT2D eigenvalue weighted by Gasteiger charge is 2.15. The van der Waals surface area contributed by atoms with E-state index in [1.54, 1.807) is 18.2 Å². The Morgan fingerprint density at radius 2 is 2.14 bits per heavy atom. The zero-order chi connectivity index (χ0) is 15.2. The molecule has 122 valence electrons. The Labute approximate surface area is 141 Å². The molecule has 0 radical (unpaired) electrons. The first kappa shape index (κ1) is 18.7. The average molecular weight is 346 g/mol. The second-order valence-corrected chi connectivity index (χ2v) is 5.73. The minimum absolute atomic E-state index is 0. The van der Waals surface area contributed by atoms with Gasteiger partial charge in [0.2, 0.25) is 11.8 Å². The van der Waals surface area contributed by atoms with Crippen LogP contribution in [0.4, 0.5) is 11.4 Å². The first-order chi connectivity index (χ1) is 10.0. The summed E-state index contributed by atoms with van der Waals surface area (Å²) >= 11 is 6.06. The van der Waals surface area contributed by atoms with E-state index in [9.17, 15) is 9.59 Å². The van der Waals surface area contributed by atoms with Crippen LogP contribution in [-0.2, 0) is 9.59 Å². The van der Waals surface area contributed by atoms with Crippen LogP contribution >= 0.6 is 24.0 Å². The lowest BCUT2D eigenvalue weighted by molar-refractivity contribution is -0.116. The Morgan fingerprint density at radius 1 is 1.36 bits per heavy atom. The summed E-state index contributed by atoms with van der Waals surface area (Å²) in [6.45, 7) is 3.47. The van der Waals surface area contributed by atoms with E-state index in [0.717, 1.165) is 25.9 Å². The van der Waals surface area contributed by atoms with Gasteiger partial charge in [-0.25, -0.2) is 0 Å². The molecule has 3 N–H and O–H groups in total. The minimum Gasteiger partial charge on any atom is -0.326 e. The van der Waals surface area contributed by atoms with E-state index < -0.39 is 0 Å². The van der Waals surface area contributed by atoms with Gasteiger partial charge in [0.05, 0.1) is 10.7 Å². The lowest BCUT2D eigenvalue weighted by Crippen LogP contribution is -2.15. The van der Waals surface area contributed by atoms with Crippen LogP contribution in [0.15, 0.2) is 18.2 Å². The molecule has 1 aliphatic heterocycles. The van der Waals surface area contributed by atoms with Crippen LogP contribution in [0.3, 0.4) is 0 Å². The smallest absolute Gasteiger partial charge is 0.224 e. The Morgan fingerprint density at radius 3 is 2.73 bits per heavy atom. The average Bonchev–Trinajstić information content (AvgIpc) is 2.92. The Balaban J connectivity index is 0.00000242. The zero-order valence-electron chi connectivity index (χ0n) is 12.4. The van der Waals surface area contributed by atoms with Crippen molar-refractivity contribution < 1.29 is 9.59 Å². The highest BCUT2D eigenvalue weighted by Crippen LogP contribution is 2.25. The molecule has 2 amide bonds. The highest BCUT2D eigenvalue weighted by atomic mass is 35.5. The van der Waals surface area contributed by atoms with Crippen molar-refractivity contribution in [3.05, 3.63) is 23.2 Å². The van der Waals surface area contributed by atoms with Crippen LogP contribution < -0.4 is 16.0 Å². The van der Waals surface area contributed by atoms with Crippen molar-refractivity contribution in [2.45, 2.75) is 26.2 Å². The molecule has 7 heteroatoms. The van der Waals surface area contributed by atoms with Crippen molar-refractivity contribution in [2.75, 3.05) is 23.7 Å². The Bertz CT molecular complexity index is 532. The minimum atomic E-state index is -0.182. The number of hydrogen-bond donors (Lipinski definition) is 3. The maximum Gasteiger partial charge on any atom is 0.224 e. The lowest BCUT2D eigenvalue weighted by Gasteiger charge is -2.10.